The molecule has 3 aromatic rings. The molecule has 1 aromatic carbocycles. The minimum absolute atomic E-state index is 0.0297. The maximum Gasteiger partial charge on any atom is 0.408 e. The lowest BCUT2D eigenvalue weighted by Crippen LogP contribution is -2.57. The summed E-state index contributed by atoms with van der Waals surface area (Å²) in [7, 11) is 1.58. The van der Waals surface area contributed by atoms with Gasteiger partial charge in [-0.1, -0.05) is 25.0 Å². The number of carbonyl (C=O) groups excluding carboxylic acids is 4. The fraction of sp³-hybridized carbons (Fsp3) is 0.525. The third-order valence-corrected chi connectivity index (χ3v) is 11.7. The van der Waals surface area contributed by atoms with Gasteiger partial charge in [0.1, 0.15) is 47.0 Å². The molecule has 2 aliphatic heterocycles. The Hall–Kier alpha value is -5.43. The normalized spacial score (nSPS) is 25.9. The van der Waals surface area contributed by atoms with E-state index in [1.54, 1.807) is 13.3 Å². The van der Waals surface area contributed by atoms with Crippen molar-refractivity contribution in [3.8, 4) is 29.1 Å². The van der Waals surface area contributed by atoms with Gasteiger partial charge in [0.05, 0.1) is 24.9 Å². The van der Waals surface area contributed by atoms with Crippen LogP contribution in [-0.4, -0.2) is 88.2 Å². The Morgan fingerprint density at radius 3 is 2.66 bits per heavy atom. The van der Waals surface area contributed by atoms with Crippen molar-refractivity contribution >= 4 is 51.2 Å². The summed E-state index contributed by atoms with van der Waals surface area (Å²) in [6.45, 7) is 4.10. The number of benzene rings is 1. The SMILES string of the molecule is COc1ccc2c(O[C@@H]3C[C@H]4C(=O)N[C@]5(C(=O)NC#N)CC5/C=C/CCCCC[C@@H](NC(=O)OC5CCC5)C(=O)N4C3)cc(-c3csc(NC(C)C)n3)nc2c1. The summed E-state index contributed by atoms with van der Waals surface area (Å²) < 4.78 is 17.8. The molecule has 7 rings (SSSR count). The molecule has 4 N–H and O–H groups in total. The van der Waals surface area contributed by atoms with E-state index in [2.05, 4.69) is 21.3 Å². The summed E-state index contributed by atoms with van der Waals surface area (Å²) in [5.41, 5.74) is 0.506. The Labute approximate surface area is 329 Å². The Balaban J connectivity index is 1.21. The first-order chi connectivity index (χ1) is 27.1. The van der Waals surface area contributed by atoms with E-state index in [9.17, 15) is 24.4 Å². The van der Waals surface area contributed by atoms with Crippen LogP contribution in [0.2, 0.25) is 0 Å². The van der Waals surface area contributed by atoms with Crippen molar-refractivity contribution in [2.75, 3.05) is 19.0 Å². The van der Waals surface area contributed by atoms with Crippen LogP contribution in [0.5, 0.6) is 11.5 Å². The maximum atomic E-state index is 14.6. The zero-order chi connectivity index (χ0) is 39.4. The molecule has 5 atom stereocenters. The highest BCUT2D eigenvalue weighted by molar-refractivity contribution is 7.14. The predicted octanol–water partition coefficient (Wildman–Crippen LogP) is 5.18. The summed E-state index contributed by atoms with van der Waals surface area (Å²) in [6, 6.07) is 5.49. The van der Waals surface area contributed by atoms with Crippen molar-refractivity contribution in [3.63, 3.8) is 0 Å². The number of thiazole rings is 1. The third kappa shape index (κ3) is 8.52. The number of allylic oxidation sites excluding steroid dienone is 1. The number of alkyl carbamates (subject to hydrolysis) is 1. The van der Waals surface area contributed by atoms with Gasteiger partial charge in [-0.15, -0.1) is 11.3 Å². The smallest absolute Gasteiger partial charge is 0.408 e. The minimum Gasteiger partial charge on any atom is -0.497 e. The van der Waals surface area contributed by atoms with Crippen LogP contribution < -0.4 is 30.7 Å². The Morgan fingerprint density at radius 2 is 1.91 bits per heavy atom. The van der Waals surface area contributed by atoms with Gasteiger partial charge in [0, 0.05) is 41.3 Å². The zero-order valence-corrected chi connectivity index (χ0v) is 32.7. The molecule has 2 aliphatic carbocycles. The van der Waals surface area contributed by atoms with E-state index < -0.39 is 47.5 Å². The first kappa shape index (κ1) is 38.8. The summed E-state index contributed by atoms with van der Waals surface area (Å²) >= 11 is 1.47. The van der Waals surface area contributed by atoms with Gasteiger partial charge in [-0.25, -0.2) is 14.8 Å². The van der Waals surface area contributed by atoms with Crippen molar-refractivity contribution in [3.05, 3.63) is 41.8 Å². The van der Waals surface area contributed by atoms with Crippen molar-refractivity contribution in [2.24, 2.45) is 5.92 Å². The van der Waals surface area contributed by atoms with Crippen LogP contribution in [0.3, 0.4) is 0 Å². The van der Waals surface area contributed by atoms with Gasteiger partial charge in [0.2, 0.25) is 11.8 Å². The first-order valence-corrected chi connectivity index (χ1v) is 20.3. The second-order valence-electron chi connectivity index (χ2n) is 15.3. The van der Waals surface area contributed by atoms with E-state index in [1.165, 1.54) is 16.2 Å². The number of rotatable bonds is 9. The van der Waals surface area contributed by atoms with Gasteiger partial charge in [-0.3, -0.25) is 19.7 Å². The second kappa shape index (κ2) is 16.7. The summed E-state index contributed by atoms with van der Waals surface area (Å²) in [4.78, 5) is 66.3. The van der Waals surface area contributed by atoms with Crippen molar-refractivity contribution < 1.29 is 33.4 Å². The summed E-state index contributed by atoms with van der Waals surface area (Å²) in [5, 5.41) is 23.9. The lowest BCUT2D eigenvalue weighted by atomic mass is 9.96. The number of nitriles is 1. The van der Waals surface area contributed by atoms with Gasteiger partial charge >= 0.3 is 6.09 Å². The van der Waals surface area contributed by atoms with Gasteiger partial charge in [0.15, 0.2) is 11.3 Å². The Kier molecular flexibility index (Phi) is 11.6. The quantitative estimate of drug-likeness (QED) is 0.127. The van der Waals surface area contributed by atoms with Crippen LogP contribution in [0.15, 0.2) is 41.8 Å². The summed E-state index contributed by atoms with van der Waals surface area (Å²) in [5.74, 6) is -0.796. The topological polar surface area (TPSA) is 197 Å². The van der Waals surface area contributed by atoms with Crippen LogP contribution in [0.4, 0.5) is 9.93 Å². The molecule has 16 heteroatoms. The van der Waals surface area contributed by atoms with Crippen molar-refractivity contribution in [1.29, 1.82) is 5.26 Å². The molecule has 2 aromatic heterocycles. The minimum atomic E-state index is -1.33. The molecule has 1 saturated heterocycles. The molecule has 56 heavy (non-hydrogen) atoms. The fourth-order valence-corrected chi connectivity index (χ4v) is 8.41. The third-order valence-electron chi connectivity index (χ3n) is 10.9. The zero-order valence-electron chi connectivity index (χ0n) is 31.8. The average Bonchev–Trinajstić information content (AvgIpc) is 3.42. The molecule has 0 spiro atoms. The van der Waals surface area contributed by atoms with Crippen LogP contribution in [0, 0.1) is 17.4 Å². The number of nitrogens with one attached hydrogen (secondary N) is 4. The second-order valence-corrected chi connectivity index (χ2v) is 16.1. The number of carbonyl (C=O) groups is 4. The molecule has 296 valence electrons. The van der Waals surface area contributed by atoms with Crippen LogP contribution in [0.25, 0.3) is 22.3 Å². The number of hydrogen-bond donors (Lipinski definition) is 4. The number of nitrogens with zero attached hydrogens (tertiary/aromatic N) is 4. The largest absolute Gasteiger partial charge is 0.497 e. The highest BCUT2D eigenvalue weighted by Crippen LogP contribution is 2.45. The predicted molar refractivity (Wildman–Crippen MR) is 209 cm³/mol. The lowest BCUT2D eigenvalue weighted by Gasteiger charge is -2.30. The van der Waals surface area contributed by atoms with Crippen LogP contribution in [0.1, 0.15) is 78.1 Å². The molecule has 2 saturated carbocycles. The van der Waals surface area contributed by atoms with Gasteiger partial charge < -0.3 is 35.1 Å². The molecular formula is C40H48N8O7S. The van der Waals surface area contributed by atoms with Crippen LogP contribution in [-0.2, 0) is 19.1 Å². The molecule has 4 aliphatic rings. The number of hydrogen-bond acceptors (Lipinski definition) is 12. The number of methoxy groups -OCH3 is 1. The average molecular weight is 785 g/mol. The van der Waals surface area contributed by atoms with Gasteiger partial charge in [-0.2, -0.15) is 5.26 Å². The summed E-state index contributed by atoms with van der Waals surface area (Å²) in [6.07, 6.45) is 10.5. The first-order valence-electron chi connectivity index (χ1n) is 19.4. The number of ether oxygens (including phenoxy) is 3. The standard InChI is InChI=1S/C40H48N8O7S/c1-23(2)43-38-45-32(21-56-38)31-18-34(28-15-14-26(53-3)16-30(28)44-31)54-27-17-33-35(49)47-40(37(51)42-22-41)19-24(40)10-7-5-4-6-8-13-29(36(50)48(33)20-27)46-39(52)55-25-11-9-12-25/h7,10,14-16,18,21,23-25,27,29,33H,4-6,8-9,11-13,17,19-20H2,1-3H3,(H,42,51)(H,43,45)(H,46,52)(H,47,49)/b10-7+/t24?,27-,29-,33+,40-/m1/s1. The number of aromatic nitrogens is 2. The fourth-order valence-electron chi connectivity index (χ4n) is 7.56. The van der Waals surface area contributed by atoms with Crippen molar-refractivity contribution in [1.82, 2.24) is 30.8 Å². The molecule has 0 bridgehead atoms. The van der Waals surface area contributed by atoms with Gasteiger partial charge in [0.25, 0.3) is 5.91 Å². The highest BCUT2D eigenvalue weighted by Gasteiger charge is 2.61. The number of fused-ring (bicyclic) bond motifs is 3. The van der Waals surface area contributed by atoms with Crippen molar-refractivity contribution in [2.45, 2.75) is 114 Å². The van der Waals surface area contributed by atoms with E-state index in [-0.39, 0.29) is 31.0 Å². The number of anilines is 1. The van der Waals surface area contributed by atoms with E-state index in [1.807, 2.05) is 55.6 Å². The monoisotopic (exact) mass is 784 g/mol. The molecule has 15 nitrogen and oxygen atoms in total. The van der Waals surface area contributed by atoms with E-state index in [4.69, 9.17) is 24.2 Å². The molecule has 3 fully saturated rings. The number of amides is 4. The Morgan fingerprint density at radius 1 is 1.07 bits per heavy atom. The number of pyridine rings is 1. The maximum absolute atomic E-state index is 14.6. The molecular weight excluding hydrogens is 737 g/mol. The van der Waals surface area contributed by atoms with Crippen LogP contribution >= 0.6 is 11.3 Å². The van der Waals surface area contributed by atoms with E-state index in [0.717, 1.165) is 43.7 Å². The lowest BCUT2D eigenvalue weighted by molar-refractivity contribution is -0.141. The van der Waals surface area contributed by atoms with Gasteiger partial charge in [-0.05, 0) is 70.9 Å². The van der Waals surface area contributed by atoms with E-state index >= 15 is 0 Å². The molecule has 0 radical (unpaired) electrons. The Bertz CT molecular complexity index is 2040. The molecule has 1 unspecified atom stereocenters. The molecule has 4 heterocycles. The molecule has 4 amide bonds. The highest BCUT2D eigenvalue weighted by atomic mass is 32.1. The van der Waals surface area contributed by atoms with E-state index in [0.29, 0.717) is 53.1 Å².